The van der Waals surface area contributed by atoms with Crippen molar-refractivity contribution < 1.29 is 33.3 Å². The fraction of sp³-hybridized carbons (Fsp3) is 0.619. The lowest BCUT2D eigenvalue weighted by Crippen LogP contribution is -2.33. The second-order valence-corrected chi connectivity index (χ2v) is 6.47. The minimum absolute atomic E-state index is 0.232. The predicted molar refractivity (Wildman–Crippen MR) is 110 cm³/mol. The van der Waals surface area contributed by atoms with Gasteiger partial charge in [0.25, 0.3) is 11.8 Å². The Morgan fingerprint density at radius 1 is 0.667 bits per heavy atom. The SMILES string of the molecule is CNCCOCCOCCOCCOCCOCCN1C(=O)c2ccccc2C1=O. The first-order chi connectivity index (χ1) is 14.8. The lowest BCUT2D eigenvalue weighted by atomic mass is 10.1. The second kappa shape index (κ2) is 15.0. The normalized spacial score (nSPS) is 13.3. The summed E-state index contributed by atoms with van der Waals surface area (Å²) in [5, 5.41) is 3.00. The molecule has 0 aromatic heterocycles. The highest BCUT2D eigenvalue weighted by atomic mass is 16.6. The molecule has 1 N–H and O–H groups in total. The van der Waals surface area contributed by atoms with Crippen LogP contribution in [0, 0.1) is 0 Å². The van der Waals surface area contributed by atoms with E-state index in [-0.39, 0.29) is 25.0 Å². The zero-order valence-electron chi connectivity index (χ0n) is 17.6. The molecule has 0 atom stereocenters. The Bertz CT molecular complexity index is 607. The van der Waals surface area contributed by atoms with E-state index in [0.717, 1.165) is 6.54 Å². The second-order valence-electron chi connectivity index (χ2n) is 6.47. The van der Waals surface area contributed by atoms with Crippen molar-refractivity contribution in [2.45, 2.75) is 0 Å². The van der Waals surface area contributed by atoms with Crippen molar-refractivity contribution in [2.75, 3.05) is 86.2 Å². The fourth-order valence-electron chi connectivity index (χ4n) is 2.75. The van der Waals surface area contributed by atoms with Gasteiger partial charge in [-0.25, -0.2) is 0 Å². The minimum atomic E-state index is -0.266. The Balaban J connectivity index is 1.35. The van der Waals surface area contributed by atoms with E-state index in [2.05, 4.69) is 5.32 Å². The predicted octanol–water partition coefficient (Wildman–Crippen LogP) is 0.585. The summed E-state index contributed by atoms with van der Waals surface area (Å²) >= 11 is 0. The van der Waals surface area contributed by atoms with Gasteiger partial charge in [-0.1, -0.05) is 12.1 Å². The highest BCUT2D eigenvalue weighted by Gasteiger charge is 2.34. The molecule has 1 aromatic carbocycles. The Hall–Kier alpha value is -1.88. The van der Waals surface area contributed by atoms with Crippen molar-refractivity contribution in [1.82, 2.24) is 10.2 Å². The molecule has 0 bridgehead atoms. The van der Waals surface area contributed by atoms with Crippen molar-refractivity contribution in [2.24, 2.45) is 0 Å². The molecule has 1 aliphatic heterocycles. The molecule has 0 fully saturated rings. The lowest BCUT2D eigenvalue weighted by molar-refractivity contribution is -0.0115. The molecule has 0 saturated heterocycles. The molecule has 1 aromatic rings. The van der Waals surface area contributed by atoms with Crippen LogP contribution in [-0.2, 0) is 23.7 Å². The number of likely N-dealkylation sites (N-methyl/N-ethyl adjacent to an activating group) is 1. The van der Waals surface area contributed by atoms with E-state index in [1.807, 2.05) is 7.05 Å². The summed E-state index contributed by atoms with van der Waals surface area (Å²) in [6.07, 6.45) is 0. The van der Waals surface area contributed by atoms with E-state index in [4.69, 9.17) is 23.7 Å². The third-order valence-electron chi connectivity index (χ3n) is 4.32. The number of nitrogens with one attached hydrogen (secondary N) is 1. The average molecular weight is 424 g/mol. The van der Waals surface area contributed by atoms with Crippen molar-refractivity contribution >= 4 is 11.8 Å². The third-order valence-corrected chi connectivity index (χ3v) is 4.32. The molecule has 0 saturated carbocycles. The molecule has 9 heteroatoms. The average Bonchev–Trinajstić information content (AvgIpc) is 3.01. The first-order valence-electron chi connectivity index (χ1n) is 10.2. The van der Waals surface area contributed by atoms with Crippen LogP contribution in [0.15, 0.2) is 24.3 Å². The Morgan fingerprint density at radius 2 is 1.07 bits per heavy atom. The fourth-order valence-corrected chi connectivity index (χ4v) is 2.75. The van der Waals surface area contributed by atoms with Gasteiger partial charge in [0, 0.05) is 6.54 Å². The van der Waals surface area contributed by atoms with E-state index in [1.165, 1.54) is 4.90 Å². The van der Waals surface area contributed by atoms with Gasteiger partial charge in [0.1, 0.15) is 0 Å². The summed E-state index contributed by atoms with van der Waals surface area (Å²) in [5.41, 5.74) is 0.906. The maximum absolute atomic E-state index is 12.2. The molecule has 9 nitrogen and oxygen atoms in total. The molecule has 2 amide bonds. The van der Waals surface area contributed by atoms with E-state index in [0.29, 0.717) is 70.6 Å². The van der Waals surface area contributed by atoms with E-state index in [1.54, 1.807) is 24.3 Å². The zero-order chi connectivity index (χ0) is 21.4. The molecule has 1 aliphatic rings. The smallest absolute Gasteiger partial charge is 0.261 e. The molecule has 168 valence electrons. The van der Waals surface area contributed by atoms with Crippen LogP contribution in [0.1, 0.15) is 20.7 Å². The molecule has 0 aliphatic carbocycles. The van der Waals surface area contributed by atoms with Gasteiger partial charge in [-0.3, -0.25) is 14.5 Å². The molecular formula is C21H32N2O7. The molecule has 30 heavy (non-hydrogen) atoms. The zero-order valence-corrected chi connectivity index (χ0v) is 17.6. The number of hydrogen-bond acceptors (Lipinski definition) is 8. The first-order valence-corrected chi connectivity index (χ1v) is 10.2. The van der Waals surface area contributed by atoms with Gasteiger partial charge in [0.2, 0.25) is 0 Å². The Kier molecular flexibility index (Phi) is 12.2. The highest BCUT2D eigenvalue weighted by Crippen LogP contribution is 2.21. The topological polar surface area (TPSA) is 95.6 Å². The maximum atomic E-state index is 12.2. The van der Waals surface area contributed by atoms with Gasteiger partial charge in [-0.2, -0.15) is 0 Å². The van der Waals surface area contributed by atoms with Crippen LogP contribution in [0.5, 0.6) is 0 Å². The summed E-state index contributed by atoms with van der Waals surface area (Å²) in [6, 6.07) is 6.83. The van der Waals surface area contributed by atoms with Gasteiger partial charge >= 0.3 is 0 Å². The number of ether oxygens (including phenoxy) is 5. The van der Waals surface area contributed by atoms with Crippen LogP contribution in [0.2, 0.25) is 0 Å². The van der Waals surface area contributed by atoms with Gasteiger partial charge in [0.05, 0.1) is 83.7 Å². The standard InChI is InChI=1S/C21H32N2O7/c1-22-6-8-26-10-12-28-14-16-30-17-15-29-13-11-27-9-7-23-20(24)18-4-2-3-5-19(18)21(23)25/h2-5,22H,6-17H2,1H3. The molecular weight excluding hydrogens is 392 g/mol. The lowest BCUT2D eigenvalue weighted by Gasteiger charge is -2.13. The number of benzene rings is 1. The van der Waals surface area contributed by atoms with E-state index >= 15 is 0 Å². The van der Waals surface area contributed by atoms with Crippen molar-refractivity contribution in [3.8, 4) is 0 Å². The third kappa shape index (κ3) is 8.47. The largest absolute Gasteiger partial charge is 0.378 e. The van der Waals surface area contributed by atoms with Crippen LogP contribution >= 0.6 is 0 Å². The van der Waals surface area contributed by atoms with Crippen LogP contribution in [0.3, 0.4) is 0 Å². The molecule has 2 rings (SSSR count). The summed E-state index contributed by atoms with van der Waals surface area (Å²) in [6.45, 7) is 5.96. The molecule has 0 unspecified atom stereocenters. The van der Waals surface area contributed by atoms with Crippen molar-refractivity contribution in [3.63, 3.8) is 0 Å². The highest BCUT2D eigenvalue weighted by molar-refractivity contribution is 6.21. The van der Waals surface area contributed by atoms with Crippen LogP contribution in [-0.4, -0.2) is 103 Å². The number of fused-ring (bicyclic) bond motifs is 1. The van der Waals surface area contributed by atoms with Crippen molar-refractivity contribution in [1.29, 1.82) is 0 Å². The van der Waals surface area contributed by atoms with Crippen LogP contribution in [0.25, 0.3) is 0 Å². The van der Waals surface area contributed by atoms with Gasteiger partial charge < -0.3 is 29.0 Å². The van der Waals surface area contributed by atoms with Crippen LogP contribution in [0.4, 0.5) is 0 Å². The number of imide groups is 1. The number of amides is 2. The number of carbonyl (C=O) groups is 2. The summed E-state index contributed by atoms with van der Waals surface area (Å²) in [7, 11) is 1.88. The van der Waals surface area contributed by atoms with Crippen LogP contribution < -0.4 is 5.32 Å². The minimum Gasteiger partial charge on any atom is -0.378 e. The first kappa shape index (κ1) is 24.4. The Labute approximate surface area is 177 Å². The maximum Gasteiger partial charge on any atom is 0.261 e. The summed E-state index contributed by atoms with van der Waals surface area (Å²) < 4.78 is 27.0. The van der Waals surface area contributed by atoms with Gasteiger partial charge in [-0.15, -0.1) is 0 Å². The number of rotatable bonds is 18. The molecule has 0 spiro atoms. The Morgan fingerprint density at radius 3 is 1.50 bits per heavy atom. The number of hydrogen-bond donors (Lipinski definition) is 1. The van der Waals surface area contributed by atoms with E-state index < -0.39 is 0 Å². The molecule has 0 radical (unpaired) electrons. The number of carbonyl (C=O) groups excluding carboxylic acids is 2. The summed E-state index contributed by atoms with van der Waals surface area (Å²) in [5.74, 6) is -0.532. The number of nitrogens with zero attached hydrogens (tertiary/aromatic N) is 1. The molecule has 1 heterocycles. The monoisotopic (exact) mass is 424 g/mol. The van der Waals surface area contributed by atoms with E-state index in [9.17, 15) is 9.59 Å². The van der Waals surface area contributed by atoms with Gasteiger partial charge in [0.15, 0.2) is 0 Å². The van der Waals surface area contributed by atoms with Crippen molar-refractivity contribution in [3.05, 3.63) is 35.4 Å². The quantitative estimate of drug-likeness (QED) is 0.270. The summed E-state index contributed by atoms with van der Waals surface area (Å²) in [4.78, 5) is 25.6. The van der Waals surface area contributed by atoms with Gasteiger partial charge in [-0.05, 0) is 19.2 Å².